The van der Waals surface area contributed by atoms with Gasteiger partial charge in [-0.2, -0.15) is 18.4 Å². The van der Waals surface area contributed by atoms with Gasteiger partial charge in [0.1, 0.15) is 6.07 Å². The van der Waals surface area contributed by atoms with Gasteiger partial charge < -0.3 is 0 Å². The molecule has 6 nitrogen and oxygen atoms in total. The van der Waals surface area contributed by atoms with Crippen LogP contribution in [0.25, 0.3) is 0 Å². The summed E-state index contributed by atoms with van der Waals surface area (Å²) in [6.07, 6.45) is 2.61. The van der Waals surface area contributed by atoms with Gasteiger partial charge in [0, 0.05) is 22.8 Å². The van der Waals surface area contributed by atoms with E-state index in [1.165, 1.54) is 0 Å². The molecule has 43 heavy (non-hydrogen) atoms. The number of Topliss-reactive ketones (excluding diaryl/α,β-unsaturated/α-hetero) is 1. The topological polar surface area (TPSA) is 104 Å². The molecule has 0 heterocycles. The van der Waals surface area contributed by atoms with Crippen LogP contribution in [0, 0.1) is 44.3 Å². The van der Waals surface area contributed by atoms with Crippen molar-refractivity contribution >= 4 is 21.6 Å². The molecule has 3 aliphatic rings. The van der Waals surface area contributed by atoms with Crippen molar-refractivity contribution in [1.29, 1.82) is 5.26 Å². The van der Waals surface area contributed by atoms with Gasteiger partial charge in [-0.25, -0.2) is 13.1 Å². The SMILES string of the molecule is CCC(C)(C)CC[C@@](C)(CC[C@]1(C)CC(=O)C=C2[C@@]3(C)C=C(C#N)C(=O)C(C)(C)[C@@H]3CC[C@]21C)NS(=O)(=O)CC(F)(F)F. The highest BCUT2D eigenvalue weighted by atomic mass is 32.2. The van der Waals surface area contributed by atoms with Crippen LogP contribution in [0.5, 0.6) is 0 Å². The number of allylic oxidation sites excluding steroid dienone is 4. The minimum atomic E-state index is -4.87. The Morgan fingerprint density at radius 3 is 2.19 bits per heavy atom. The third kappa shape index (κ3) is 6.83. The third-order valence-electron chi connectivity index (χ3n) is 11.6. The van der Waals surface area contributed by atoms with Crippen LogP contribution in [0.4, 0.5) is 13.2 Å². The lowest BCUT2D eigenvalue weighted by atomic mass is 9.40. The van der Waals surface area contributed by atoms with E-state index in [1.807, 2.05) is 34.6 Å². The maximum atomic E-state index is 13.4. The Hall–Kier alpha value is -1.99. The standard InChI is InChI=1S/C33H49F3N2O4S/c1-10-27(2,3)13-15-30(7,38-43(41,42)21-33(34,35)36)16-14-29(6)19-23(39)17-25-31(8)18-22(20-37)26(40)28(4,5)24(31)11-12-32(25,29)9/h17-18,24,38H,10-16,19,21H2,1-9H3/t24-,29+,30-,31-,32+/m0/s1. The zero-order valence-corrected chi connectivity index (χ0v) is 28.0. The predicted molar refractivity (Wildman–Crippen MR) is 161 cm³/mol. The summed E-state index contributed by atoms with van der Waals surface area (Å²) in [4.78, 5) is 26.6. The summed E-state index contributed by atoms with van der Waals surface area (Å²) in [6, 6.07) is 2.08. The lowest BCUT2D eigenvalue weighted by molar-refractivity contribution is -0.133. The van der Waals surface area contributed by atoms with Crippen LogP contribution in [0.15, 0.2) is 23.3 Å². The summed E-state index contributed by atoms with van der Waals surface area (Å²) >= 11 is 0. The Balaban J connectivity index is 2.03. The average Bonchev–Trinajstić information content (AvgIpc) is 2.84. The summed E-state index contributed by atoms with van der Waals surface area (Å²) in [5, 5.41) is 9.82. The zero-order chi connectivity index (χ0) is 33.1. The molecule has 0 aliphatic heterocycles. The Kier molecular flexibility index (Phi) is 9.17. The largest absolute Gasteiger partial charge is 0.404 e. The van der Waals surface area contributed by atoms with Gasteiger partial charge in [0.2, 0.25) is 10.0 Å². The van der Waals surface area contributed by atoms with E-state index in [-0.39, 0.29) is 41.3 Å². The van der Waals surface area contributed by atoms with Crippen LogP contribution in [0.3, 0.4) is 0 Å². The van der Waals surface area contributed by atoms with E-state index in [1.54, 1.807) is 19.1 Å². The van der Waals surface area contributed by atoms with Gasteiger partial charge in [-0.15, -0.1) is 0 Å². The second kappa shape index (κ2) is 11.1. The van der Waals surface area contributed by atoms with Crippen molar-refractivity contribution in [2.75, 3.05) is 5.75 Å². The minimum Gasteiger partial charge on any atom is -0.295 e. The molecule has 3 aliphatic carbocycles. The molecular weight excluding hydrogens is 577 g/mol. The Bertz CT molecular complexity index is 1370. The summed E-state index contributed by atoms with van der Waals surface area (Å²) in [5.41, 5.74) is -2.97. The number of nitrogens with zero attached hydrogens (tertiary/aromatic N) is 1. The van der Waals surface area contributed by atoms with Gasteiger partial charge in [-0.05, 0) is 73.7 Å². The van der Waals surface area contributed by atoms with Crippen LogP contribution in [-0.4, -0.2) is 37.5 Å². The van der Waals surface area contributed by atoms with Gasteiger partial charge in [0.05, 0.1) is 5.57 Å². The lowest BCUT2D eigenvalue weighted by Crippen LogP contribution is -2.58. The molecule has 1 N–H and O–H groups in total. The van der Waals surface area contributed by atoms with E-state index in [0.29, 0.717) is 32.1 Å². The first-order chi connectivity index (χ1) is 19.3. The van der Waals surface area contributed by atoms with Crippen molar-refractivity contribution in [1.82, 2.24) is 4.72 Å². The number of nitrogens with one attached hydrogen (secondary N) is 1. The molecule has 10 heteroatoms. The van der Waals surface area contributed by atoms with Gasteiger partial charge >= 0.3 is 6.18 Å². The number of rotatable bonds is 10. The van der Waals surface area contributed by atoms with E-state index >= 15 is 0 Å². The highest BCUT2D eigenvalue weighted by Gasteiger charge is 2.63. The fourth-order valence-electron chi connectivity index (χ4n) is 8.19. The Morgan fingerprint density at radius 1 is 1.05 bits per heavy atom. The number of carbonyl (C=O) groups is 2. The van der Waals surface area contributed by atoms with Gasteiger partial charge in [-0.3, -0.25) is 9.59 Å². The average molecular weight is 627 g/mol. The molecule has 5 atom stereocenters. The number of hydrogen-bond donors (Lipinski definition) is 1. The number of halogens is 3. The van der Waals surface area contributed by atoms with Crippen molar-refractivity contribution in [2.45, 2.75) is 125 Å². The minimum absolute atomic E-state index is 0.0788. The summed E-state index contributed by atoms with van der Waals surface area (Å²) < 4.78 is 67.4. The summed E-state index contributed by atoms with van der Waals surface area (Å²) in [5.74, 6) is -2.34. The normalized spacial score (nSPS) is 32.6. The summed E-state index contributed by atoms with van der Waals surface area (Å²) in [7, 11) is -4.67. The molecule has 0 aromatic rings. The van der Waals surface area contributed by atoms with Gasteiger partial charge in [0.15, 0.2) is 17.3 Å². The van der Waals surface area contributed by atoms with E-state index in [2.05, 4.69) is 31.6 Å². The molecule has 0 spiro atoms. The fourth-order valence-corrected chi connectivity index (χ4v) is 9.64. The number of carbonyl (C=O) groups excluding carboxylic acids is 2. The predicted octanol–water partition coefficient (Wildman–Crippen LogP) is 7.61. The molecule has 1 fully saturated rings. The van der Waals surface area contributed by atoms with Crippen molar-refractivity contribution < 1.29 is 31.2 Å². The summed E-state index contributed by atoms with van der Waals surface area (Å²) in [6.45, 7) is 17.7. The van der Waals surface area contributed by atoms with Crippen molar-refractivity contribution in [3.05, 3.63) is 23.3 Å². The Labute approximate surface area is 256 Å². The smallest absolute Gasteiger partial charge is 0.295 e. The molecule has 0 unspecified atom stereocenters. The molecule has 0 radical (unpaired) electrons. The number of ketones is 2. The zero-order valence-electron chi connectivity index (χ0n) is 27.2. The van der Waals surface area contributed by atoms with Crippen LogP contribution in [0.1, 0.15) is 114 Å². The molecule has 242 valence electrons. The molecule has 3 rings (SSSR count). The quantitative estimate of drug-likeness (QED) is 0.269. The first-order valence-corrected chi connectivity index (χ1v) is 17.0. The van der Waals surface area contributed by atoms with Crippen molar-refractivity contribution in [2.24, 2.45) is 33.0 Å². The van der Waals surface area contributed by atoms with E-state index in [0.717, 1.165) is 12.0 Å². The van der Waals surface area contributed by atoms with Crippen molar-refractivity contribution in [3.63, 3.8) is 0 Å². The van der Waals surface area contributed by atoms with Gasteiger partial charge in [0.25, 0.3) is 0 Å². The number of sulfonamides is 1. The van der Waals surface area contributed by atoms with E-state index < -0.39 is 49.2 Å². The monoisotopic (exact) mass is 626 g/mol. The second-order valence-electron chi connectivity index (χ2n) is 15.7. The number of fused-ring (bicyclic) bond motifs is 3. The van der Waals surface area contributed by atoms with Crippen LogP contribution < -0.4 is 4.72 Å². The van der Waals surface area contributed by atoms with Crippen molar-refractivity contribution in [3.8, 4) is 6.07 Å². The highest BCUT2D eigenvalue weighted by molar-refractivity contribution is 7.89. The molecule has 0 aromatic carbocycles. The molecule has 1 saturated carbocycles. The Morgan fingerprint density at radius 2 is 1.65 bits per heavy atom. The number of alkyl halides is 3. The molecule has 0 amide bonds. The molecule has 0 aromatic heterocycles. The molecule has 0 saturated heterocycles. The first kappa shape index (κ1) is 35.5. The van der Waals surface area contributed by atoms with Crippen LogP contribution in [-0.2, 0) is 19.6 Å². The second-order valence-corrected chi connectivity index (χ2v) is 17.5. The van der Waals surface area contributed by atoms with E-state index in [9.17, 15) is 36.4 Å². The first-order valence-electron chi connectivity index (χ1n) is 15.3. The van der Waals surface area contributed by atoms with Crippen LogP contribution >= 0.6 is 0 Å². The molecular formula is C33H49F3N2O4S. The number of hydrogen-bond acceptors (Lipinski definition) is 5. The maximum absolute atomic E-state index is 13.4. The van der Waals surface area contributed by atoms with E-state index in [4.69, 9.17) is 0 Å². The third-order valence-corrected chi connectivity index (χ3v) is 13.1. The fraction of sp³-hybridized carbons (Fsp3) is 0.788. The maximum Gasteiger partial charge on any atom is 0.404 e. The van der Waals surface area contributed by atoms with Crippen LogP contribution in [0.2, 0.25) is 0 Å². The lowest BCUT2D eigenvalue weighted by Gasteiger charge is -2.63. The number of nitriles is 1. The van der Waals surface area contributed by atoms with Gasteiger partial charge in [-0.1, -0.05) is 73.5 Å². The molecule has 0 bridgehead atoms. The highest BCUT2D eigenvalue weighted by Crippen LogP contribution is 2.69.